The number of aromatic amines is 1. The normalized spacial score (nSPS) is 11.9. The van der Waals surface area contributed by atoms with Crippen molar-refractivity contribution in [1.82, 2.24) is 10.3 Å². The zero-order chi connectivity index (χ0) is 22.3. The monoisotopic (exact) mass is 426 g/mol. The summed E-state index contributed by atoms with van der Waals surface area (Å²) < 4.78 is 5.46. The van der Waals surface area contributed by atoms with E-state index in [1.165, 1.54) is 16.5 Å². The second kappa shape index (κ2) is 10.2. The van der Waals surface area contributed by atoms with Crippen molar-refractivity contribution < 1.29 is 9.53 Å². The van der Waals surface area contributed by atoms with Crippen LogP contribution >= 0.6 is 0 Å². The summed E-state index contributed by atoms with van der Waals surface area (Å²) in [4.78, 5) is 16.4. The first-order valence-electron chi connectivity index (χ1n) is 11.2. The Kier molecular flexibility index (Phi) is 6.90. The Hall–Kier alpha value is -3.53. The molecule has 4 heteroatoms. The van der Waals surface area contributed by atoms with Crippen molar-refractivity contribution in [3.63, 3.8) is 0 Å². The Morgan fingerprint density at radius 1 is 1.03 bits per heavy atom. The first-order chi connectivity index (χ1) is 15.7. The maximum atomic E-state index is 13.0. The van der Waals surface area contributed by atoms with E-state index in [4.69, 9.17) is 4.74 Å². The molecule has 1 atom stereocenters. The van der Waals surface area contributed by atoms with E-state index in [1.54, 1.807) is 7.11 Å². The van der Waals surface area contributed by atoms with Gasteiger partial charge in [0.05, 0.1) is 7.11 Å². The number of hydrogen-bond donors (Lipinski definition) is 2. The number of ether oxygens (including phenoxy) is 1. The summed E-state index contributed by atoms with van der Waals surface area (Å²) in [6.45, 7) is 2.79. The van der Waals surface area contributed by atoms with Crippen molar-refractivity contribution in [1.29, 1.82) is 0 Å². The zero-order valence-electron chi connectivity index (χ0n) is 18.7. The quantitative estimate of drug-likeness (QED) is 0.365. The van der Waals surface area contributed by atoms with Crippen molar-refractivity contribution in [3.8, 4) is 5.75 Å². The van der Waals surface area contributed by atoms with E-state index in [9.17, 15) is 4.79 Å². The molecule has 0 radical (unpaired) electrons. The minimum Gasteiger partial charge on any atom is -0.497 e. The van der Waals surface area contributed by atoms with E-state index in [-0.39, 0.29) is 11.8 Å². The Labute approximate surface area is 189 Å². The average molecular weight is 427 g/mol. The molecule has 32 heavy (non-hydrogen) atoms. The summed E-state index contributed by atoms with van der Waals surface area (Å²) in [6, 6.07) is 24.6. The fourth-order valence-electron chi connectivity index (χ4n) is 4.34. The summed E-state index contributed by atoms with van der Waals surface area (Å²) in [5.41, 5.74) is 5.88. The number of carbonyl (C=O) groups is 1. The van der Waals surface area contributed by atoms with E-state index in [1.807, 2.05) is 36.4 Å². The van der Waals surface area contributed by atoms with Crippen LogP contribution < -0.4 is 10.1 Å². The number of rotatable bonds is 9. The van der Waals surface area contributed by atoms with Gasteiger partial charge in [-0.05, 0) is 47.2 Å². The molecule has 0 unspecified atom stereocenters. The van der Waals surface area contributed by atoms with Crippen molar-refractivity contribution in [2.24, 2.45) is 0 Å². The molecule has 1 heterocycles. The molecular formula is C28H30N2O2. The Bertz CT molecular complexity index is 1180. The van der Waals surface area contributed by atoms with Gasteiger partial charge in [-0.1, -0.05) is 67.6 Å². The lowest BCUT2D eigenvalue weighted by Gasteiger charge is -2.18. The third kappa shape index (κ3) is 4.86. The number of aryl methyl sites for hydroxylation is 1. The van der Waals surface area contributed by atoms with Gasteiger partial charge >= 0.3 is 0 Å². The second-order valence-corrected chi connectivity index (χ2v) is 8.06. The van der Waals surface area contributed by atoms with E-state index in [0.29, 0.717) is 13.0 Å². The number of fused-ring (bicyclic) bond motifs is 1. The Balaban J connectivity index is 1.59. The van der Waals surface area contributed by atoms with Gasteiger partial charge in [0.1, 0.15) is 5.75 Å². The molecule has 0 spiro atoms. The molecule has 0 saturated carbocycles. The van der Waals surface area contributed by atoms with Crippen LogP contribution in [0.1, 0.15) is 41.5 Å². The third-order valence-corrected chi connectivity index (χ3v) is 6.05. The number of nitrogens with one attached hydrogen (secondary N) is 2. The van der Waals surface area contributed by atoms with Gasteiger partial charge in [-0.15, -0.1) is 0 Å². The number of H-pyrrole nitrogens is 1. The summed E-state index contributed by atoms with van der Waals surface area (Å²) >= 11 is 0. The van der Waals surface area contributed by atoms with Gasteiger partial charge in [-0.25, -0.2) is 0 Å². The number of methoxy groups -OCH3 is 1. The van der Waals surface area contributed by atoms with Crippen LogP contribution in [0.5, 0.6) is 5.75 Å². The molecule has 2 N–H and O–H groups in total. The molecule has 4 aromatic rings. The molecule has 0 fully saturated rings. The fourth-order valence-corrected chi connectivity index (χ4v) is 4.34. The number of amides is 1. The fraction of sp³-hybridized carbons (Fsp3) is 0.250. The highest BCUT2D eigenvalue weighted by Crippen LogP contribution is 2.35. The highest BCUT2D eigenvalue weighted by atomic mass is 16.5. The van der Waals surface area contributed by atoms with Crippen LogP contribution in [0.25, 0.3) is 10.9 Å². The summed E-state index contributed by atoms with van der Waals surface area (Å²) in [5.74, 6) is 0.781. The van der Waals surface area contributed by atoms with E-state index < -0.39 is 0 Å². The molecule has 0 aliphatic rings. The molecule has 4 nitrogen and oxygen atoms in total. The minimum absolute atomic E-state index is 0.0507. The van der Waals surface area contributed by atoms with Crippen LogP contribution in [0.2, 0.25) is 0 Å². The third-order valence-electron chi connectivity index (χ3n) is 6.05. The van der Waals surface area contributed by atoms with Gasteiger partial charge in [0, 0.05) is 36.0 Å². The first kappa shape index (κ1) is 21.7. The van der Waals surface area contributed by atoms with Crippen molar-refractivity contribution in [2.75, 3.05) is 13.7 Å². The van der Waals surface area contributed by atoms with Crippen LogP contribution in [0.4, 0.5) is 0 Å². The average Bonchev–Trinajstić information content (AvgIpc) is 3.27. The van der Waals surface area contributed by atoms with E-state index in [0.717, 1.165) is 35.2 Å². The molecule has 4 rings (SSSR count). The number of hydrogen-bond acceptors (Lipinski definition) is 2. The SMILES string of the molecule is CCc1cccc2c([C@@H](CC(=O)NCCc3ccccc3)c3cccc(OC)c3)c[nH]c12. The van der Waals surface area contributed by atoms with E-state index in [2.05, 4.69) is 59.8 Å². The van der Waals surface area contributed by atoms with Gasteiger partial charge < -0.3 is 15.0 Å². The molecule has 164 valence electrons. The maximum absolute atomic E-state index is 13.0. The van der Waals surface area contributed by atoms with Crippen molar-refractivity contribution >= 4 is 16.8 Å². The largest absolute Gasteiger partial charge is 0.497 e. The standard InChI is InChI=1S/C28H30N2O2/c1-3-21-11-8-14-24-26(19-30-28(21)24)25(22-12-7-13-23(17-22)32-2)18-27(31)29-16-15-20-9-5-4-6-10-20/h4-14,17,19,25,30H,3,15-16,18H2,1-2H3,(H,29,31)/t25-/m0/s1. The predicted octanol–water partition coefficient (Wildman–Crippen LogP) is 5.62. The number of carbonyl (C=O) groups excluding carboxylic acids is 1. The molecule has 0 aliphatic heterocycles. The van der Waals surface area contributed by atoms with Gasteiger partial charge in [-0.2, -0.15) is 0 Å². The molecule has 0 saturated heterocycles. The highest BCUT2D eigenvalue weighted by Gasteiger charge is 2.22. The Morgan fingerprint density at radius 2 is 1.84 bits per heavy atom. The molecule has 0 aliphatic carbocycles. The second-order valence-electron chi connectivity index (χ2n) is 8.06. The van der Waals surface area contributed by atoms with Crippen LogP contribution in [-0.4, -0.2) is 24.5 Å². The lowest BCUT2D eigenvalue weighted by Crippen LogP contribution is -2.27. The van der Waals surface area contributed by atoms with Crippen LogP contribution in [0.15, 0.2) is 79.0 Å². The van der Waals surface area contributed by atoms with Gasteiger partial charge in [0.15, 0.2) is 0 Å². The number of para-hydroxylation sites is 1. The molecule has 1 amide bonds. The zero-order valence-corrected chi connectivity index (χ0v) is 18.7. The Morgan fingerprint density at radius 3 is 2.62 bits per heavy atom. The van der Waals surface area contributed by atoms with Crippen LogP contribution in [0, 0.1) is 0 Å². The van der Waals surface area contributed by atoms with Gasteiger partial charge in [0.25, 0.3) is 0 Å². The molecule has 1 aromatic heterocycles. The lowest BCUT2D eigenvalue weighted by molar-refractivity contribution is -0.121. The minimum atomic E-state index is -0.0670. The van der Waals surface area contributed by atoms with Gasteiger partial charge in [-0.3, -0.25) is 4.79 Å². The summed E-state index contributed by atoms with van der Waals surface area (Å²) in [6.07, 6.45) is 4.22. The number of benzene rings is 3. The first-order valence-corrected chi connectivity index (χ1v) is 11.2. The maximum Gasteiger partial charge on any atom is 0.220 e. The smallest absolute Gasteiger partial charge is 0.220 e. The molecule has 3 aromatic carbocycles. The van der Waals surface area contributed by atoms with Crippen molar-refractivity contribution in [3.05, 3.63) is 101 Å². The van der Waals surface area contributed by atoms with Crippen molar-refractivity contribution in [2.45, 2.75) is 32.1 Å². The summed E-state index contributed by atoms with van der Waals surface area (Å²) in [7, 11) is 1.67. The predicted molar refractivity (Wildman–Crippen MR) is 130 cm³/mol. The van der Waals surface area contributed by atoms with E-state index >= 15 is 0 Å². The molecular weight excluding hydrogens is 396 g/mol. The summed E-state index contributed by atoms with van der Waals surface area (Å²) in [5, 5.41) is 4.29. The highest BCUT2D eigenvalue weighted by molar-refractivity contribution is 5.88. The van der Waals surface area contributed by atoms with Crippen LogP contribution in [0.3, 0.4) is 0 Å². The topological polar surface area (TPSA) is 54.1 Å². The lowest BCUT2D eigenvalue weighted by atomic mass is 9.87. The molecule has 0 bridgehead atoms. The van der Waals surface area contributed by atoms with Gasteiger partial charge in [0.2, 0.25) is 5.91 Å². The van der Waals surface area contributed by atoms with Crippen LogP contribution in [-0.2, 0) is 17.6 Å². The number of aromatic nitrogens is 1.